The van der Waals surface area contributed by atoms with Crippen LogP contribution in [0.5, 0.6) is 0 Å². The third kappa shape index (κ3) is 6.15. The van der Waals surface area contributed by atoms with E-state index in [1.807, 2.05) is 0 Å². The van der Waals surface area contributed by atoms with Gasteiger partial charge in [-0.15, -0.1) is 0 Å². The molecule has 0 aliphatic carbocycles. The molecule has 0 unspecified atom stereocenters. The van der Waals surface area contributed by atoms with Crippen LogP contribution < -0.4 is 4.90 Å². The summed E-state index contributed by atoms with van der Waals surface area (Å²) in [5.41, 5.74) is 13.9. The second-order valence-electron chi connectivity index (χ2n) is 13.4. The van der Waals surface area contributed by atoms with E-state index < -0.39 is 0 Å². The molecule has 0 fully saturated rings. The van der Waals surface area contributed by atoms with Crippen LogP contribution in [0.4, 0.5) is 25.8 Å². The van der Waals surface area contributed by atoms with E-state index in [0.717, 1.165) is 56.1 Å². The first-order valence-corrected chi connectivity index (χ1v) is 17.7. The van der Waals surface area contributed by atoms with Gasteiger partial charge in [-0.05, 0) is 131 Å². The van der Waals surface area contributed by atoms with Gasteiger partial charge in [0.15, 0.2) is 0 Å². The summed E-state index contributed by atoms with van der Waals surface area (Å²) in [5.74, 6) is -0.504. The van der Waals surface area contributed by atoms with Gasteiger partial charge in [0.25, 0.3) is 0 Å². The number of aryl methyl sites for hydroxylation is 1. The fourth-order valence-corrected chi connectivity index (χ4v) is 7.27. The Morgan fingerprint density at radius 3 is 1.26 bits per heavy atom. The van der Waals surface area contributed by atoms with Crippen molar-refractivity contribution in [2.24, 2.45) is 0 Å². The van der Waals surface area contributed by atoms with Crippen LogP contribution in [0.1, 0.15) is 5.56 Å². The molecule has 0 bridgehead atoms. The van der Waals surface area contributed by atoms with E-state index in [1.165, 1.54) is 51.6 Å². The molecule has 8 aromatic carbocycles. The number of anilines is 3. The maximum absolute atomic E-state index is 13.6. The first-order chi connectivity index (χ1) is 26.0. The van der Waals surface area contributed by atoms with Crippen molar-refractivity contribution in [1.82, 2.24) is 4.57 Å². The van der Waals surface area contributed by atoms with Gasteiger partial charge in [-0.2, -0.15) is 0 Å². The molecule has 1 heterocycles. The number of nitrogens with zero attached hydrogens (tertiary/aromatic N) is 2. The minimum absolute atomic E-state index is 0.252. The largest absolute Gasteiger partial charge is 0.311 e. The standard InChI is InChI=1S/C49H34F2N2/c1-33-6-23-45(24-7-33)53-48-5-3-2-4-46(48)47-32-39(18-31-49(47)53)38-16-29-44(30-17-38)52(42-25-12-36(13-26-42)34-8-19-40(50)20-9-34)43-27-14-37(15-28-43)35-10-21-41(51)22-11-35/h2-32H,1H3. The van der Waals surface area contributed by atoms with Crippen LogP contribution >= 0.6 is 0 Å². The summed E-state index contributed by atoms with van der Waals surface area (Å²) in [5, 5.41) is 2.44. The minimum atomic E-state index is -0.252. The second kappa shape index (κ2) is 13.4. The van der Waals surface area contributed by atoms with Crippen molar-refractivity contribution >= 4 is 38.9 Å². The Hall–Kier alpha value is -6.78. The van der Waals surface area contributed by atoms with Gasteiger partial charge in [-0.3, -0.25) is 0 Å². The summed E-state index contributed by atoms with van der Waals surface area (Å²) < 4.78 is 29.6. The van der Waals surface area contributed by atoms with Crippen molar-refractivity contribution < 1.29 is 8.78 Å². The second-order valence-corrected chi connectivity index (χ2v) is 13.4. The van der Waals surface area contributed by atoms with Crippen LogP contribution in [0, 0.1) is 18.6 Å². The summed E-state index contributed by atoms with van der Waals surface area (Å²) in [6.45, 7) is 2.12. The van der Waals surface area contributed by atoms with Crippen molar-refractivity contribution in [3.8, 4) is 39.1 Å². The predicted octanol–water partition coefficient (Wildman–Crippen LogP) is 13.8. The number of aromatic nitrogens is 1. The molecule has 9 aromatic rings. The molecule has 254 valence electrons. The molecule has 0 aliphatic rings. The van der Waals surface area contributed by atoms with E-state index in [9.17, 15) is 8.78 Å². The molecule has 0 saturated heterocycles. The third-order valence-electron chi connectivity index (χ3n) is 10.0. The monoisotopic (exact) mass is 688 g/mol. The number of rotatable bonds is 7. The van der Waals surface area contributed by atoms with E-state index in [1.54, 1.807) is 24.3 Å². The fraction of sp³-hybridized carbons (Fsp3) is 0.0204. The summed E-state index contributed by atoms with van der Waals surface area (Å²) in [4.78, 5) is 2.23. The normalized spacial score (nSPS) is 11.3. The Morgan fingerprint density at radius 2 is 0.774 bits per heavy atom. The Balaban J connectivity index is 1.09. The number of halogens is 2. The van der Waals surface area contributed by atoms with Crippen LogP contribution in [0.3, 0.4) is 0 Å². The highest BCUT2D eigenvalue weighted by Crippen LogP contribution is 2.39. The van der Waals surface area contributed by atoms with Crippen molar-refractivity contribution in [1.29, 1.82) is 0 Å². The topological polar surface area (TPSA) is 8.17 Å². The maximum Gasteiger partial charge on any atom is 0.123 e. The van der Waals surface area contributed by atoms with Crippen LogP contribution in [0.15, 0.2) is 188 Å². The highest BCUT2D eigenvalue weighted by atomic mass is 19.1. The molecule has 0 spiro atoms. The van der Waals surface area contributed by atoms with Gasteiger partial charge in [0.1, 0.15) is 11.6 Å². The van der Waals surface area contributed by atoms with Gasteiger partial charge in [-0.1, -0.05) is 103 Å². The van der Waals surface area contributed by atoms with E-state index in [4.69, 9.17) is 0 Å². The van der Waals surface area contributed by atoms with Gasteiger partial charge in [0.05, 0.1) is 11.0 Å². The summed E-state index contributed by atoms with van der Waals surface area (Å²) in [7, 11) is 0. The molecule has 4 heteroatoms. The summed E-state index contributed by atoms with van der Waals surface area (Å²) >= 11 is 0. The molecule has 0 saturated carbocycles. The lowest BCUT2D eigenvalue weighted by Crippen LogP contribution is -2.09. The Bertz CT molecular complexity index is 2600. The van der Waals surface area contributed by atoms with E-state index >= 15 is 0 Å². The molecular weight excluding hydrogens is 655 g/mol. The highest BCUT2D eigenvalue weighted by Gasteiger charge is 2.16. The van der Waals surface area contributed by atoms with Crippen molar-refractivity contribution in [3.63, 3.8) is 0 Å². The summed E-state index contributed by atoms with van der Waals surface area (Å²) in [6.07, 6.45) is 0. The fourth-order valence-electron chi connectivity index (χ4n) is 7.27. The molecular formula is C49H34F2N2. The first-order valence-electron chi connectivity index (χ1n) is 17.7. The molecule has 0 radical (unpaired) electrons. The van der Waals surface area contributed by atoms with Crippen molar-refractivity contribution in [2.75, 3.05) is 4.90 Å². The quantitative estimate of drug-likeness (QED) is 0.162. The molecule has 0 atom stereocenters. The number of hydrogen-bond acceptors (Lipinski definition) is 1. The van der Waals surface area contributed by atoms with Crippen molar-refractivity contribution in [2.45, 2.75) is 6.92 Å². The first kappa shape index (κ1) is 32.1. The van der Waals surface area contributed by atoms with Crippen LogP contribution in [-0.2, 0) is 0 Å². The molecule has 0 amide bonds. The number of hydrogen-bond donors (Lipinski definition) is 0. The van der Waals surface area contributed by atoms with Crippen LogP contribution in [0.25, 0.3) is 60.9 Å². The lowest BCUT2D eigenvalue weighted by atomic mass is 10.0. The Kier molecular flexibility index (Phi) is 8.13. The van der Waals surface area contributed by atoms with Gasteiger partial charge in [0, 0.05) is 33.5 Å². The SMILES string of the molecule is Cc1ccc(-n2c3ccccc3c3cc(-c4ccc(N(c5ccc(-c6ccc(F)cc6)cc5)c5ccc(-c6ccc(F)cc6)cc5)cc4)ccc32)cc1. The average Bonchev–Trinajstić information content (AvgIpc) is 3.53. The van der Waals surface area contributed by atoms with Gasteiger partial charge in [0.2, 0.25) is 0 Å². The number of benzene rings is 8. The Labute approximate surface area is 307 Å². The lowest BCUT2D eigenvalue weighted by molar-refractivity contribution is 0.627. The molecule has 0 N–H and O–H groups in total. The summed E-state index contributed by atoms with van der Waals surface area (Å²) in [6, 6.07) is 62.5. The van der Waals surface area contributed by atoms with E-state index in [-0.39, 0.29) is 11.6 Å². The van der Waals surface area contributed by atoms with E-state index in [2.05, 4.69) is 156 Å². The molecule has 1 aromatic heterocycles. The third-order valence-corrected chi connectivity index (χ3v) is 10.0. The zero-order chi connectivity index (χ0) is 35.9. The zero-order valence-corrected chi connectivity index (χ0v) is 29.0. The molecule has 0 aliphatic heterocycles. The highest BCUT2D eigenvalue weighted by molar-refractivity contribution is 6.10. The van der Waals surface area contributed by atoms with Gasteiger partial charge >= 0.3 is 0 Å². The number of para-hydroxylation sites is 1. The molecule has 53 heavy (non-hydrogen) atoms. The lowest BCUT2D eigenvalue weighted by Gasteiger charge is -2.26. The van der Waals surface area contributed by atoms with Crippen LogP contribution in [-0.4, -0.2) is 4.57 Å². The minimum Gasteiger partial charge on any atom is -0.311 e. The van der Waals surface area contributed by atoms with E-state index in [0.29, 0.717) is 0 Å². The van der Waals surface area contributed by atoms with Crippen LogP contribution in [0.2, 0.25) is 0 Å². The average molecular weight is 689 g/mol. The smallest absolute Gasteiger partial charge is 0.123 e. The molecule has 2 nitrogen and oxygen atoms in total. The zero-order valence-electron chi connectivity index (χ0n) is 29.0. The predicted molar refractivity (Wildman–Crippen MR) is 216 cm³/mol. The van der Waals surface area contributed by atoms with Gasteiger partial charge in [-0.25, -0.2) is 8.78 Å². The van der Waals surface area contributed by atoms with Gasteiger partial charge < -0.3 is 9.47 Å². The molecule has 9 rings (SSSR count). The maximum atomic E-state index is 13.6. The Morgan fingerprint density at radius 1 is 0.377 bits per heavy atom. The number of fused-ring (bicyclic) bond motifs is 3. The van der Waals surface area contributed by atoms with Crippen molar-refractivity contribution in [3.05, 3.63) is 205 Å².